The largest absolute Gasteiger partial charge is 0.385 e. The molecule has 104 valence electrons. The molecule has 0 saturated carbocycles. The average molecular weight is 262 g/mol. The van der Waals surface area contributed by atoms with E-state index in [9.17, 15) is 0 Å². The highest BCUT2D eigenvalue weighted by Gasteiger charge is 2.01. The predicted octanol–water partition coefficient (Wildman–Crippen LogP) is 2.15. The predicted molar refractivity (Wildman–Crippen MR) is 77.1 cm³/mol. The summed E-state index contributed by atoms with van der Waals surface area (Å²) in [5, 5.41) is 1.25. The second kappa shape index (κ2) is 7.28. The first-order chi connectivity index (χ1) is 9.35. The fourth-order valence-corrected chi connectivity index (χ4v) is 2.12. The number of fused-ring (bicyclic) bond motifs is 1. The maximum atomic E-state index is 5.68. The van der Waals surface area contributed by atoms with Crippen LogP contribution in [0.2, 0.25) is 0 Å². The lowest BCUT2D eigenvalue weighted by atomic mass is 10.1. The third kappa shape index (κ3) is 3.80. The van der Waals surface area contributed by atoms with Crippen molar-refractivity contribution in [1.82, 2.24) is 4.57 Å². The summed E-state index contributed by atoms with van der Waals surface area (Å²) in [5.41, 5.74) is 8.07. The first-order valence-electron chi connectivity index (χ1n) is 6.69. The van der Waals surface area contributed by atoms with Gasteiger partial charge in [-0.3, -0.25) is 0 Å². The van der Waals surface area contributed by atoms with E-state index in [0.29, 0.717) is 6.54 Å². The van der Waals surface area contributed by atoms with E-state index in [2.05, 4.69) is 35.0 Å². The molecule has 1 aromatic heterocycles. The molecule has 0 spiro atoms. The molecule has 0 bridgehead atoms. The lowest BCUT2D eigenvalue weighted by Crippen LogP contribution is -2.07. The van der Waals surface area contributed by atoms with Crippen LogP contribution in [-0.2, 0) is 22.6 Å². The number of nitrogens with two attached hydrogens (primary N) is 1. The lowest BCUT2D eigenvalue weighted by molar-refractivity contribution is 0.0982. The monoisotopic (exact) mass is 262 g/mol. The van der Waals surface area contributed by atoms with Crippen molar-refractivity contribution in [3.63, 3.8) is 0 Å². The highest BCUT2D eigenvalue weighted by Crippen LogP contribution is 2.17. The van der Waals surface area contributed by atoms with E-state index in [1.165, 1.54) is 10.9 Å². The van der Waals surface area contributed by atoms with Crippen LogP contribution in [-0.4, -0.2) is 31.5 Å². The van der Waals surface area contributed by atoms with Gasteiger partial charge in [-0.25, -0.2) is 0 Å². The van der Waals surface area contributed by atoms with Crippen molar-refractivity contribution in [3.05, 3.63) is 36.0 Å². The number of ether oxygens (including phenoxy) is 2. The van der Waals surface area contributed by atoms with E-state index in [0.717, 1.165) is 38.3 Å². The number of rotatable bonds is 8. The Morgan fingerprint density at radius 1 is 1.16 bits per heavy atom. The molecule has 0 aliphatic carbocycles. The van der Waals surface area contributed by atoms with Crippen LogP contribution < -0.4 is 5.73 Å². The van der Waals surface area contributed by atoms with Gasteiger partial charge in [-0.15, -0.1) is 0 Å². The zero-order chi connectivity index (χ0) is 13.5. The fourth-order valence-electron chi connectivity index (χ4n) is 2.12. The van der Waals surface area contributed by atoms with Gasteiger partial charge in [-0.1, -0.05) is 12.1 Å². The number of aromatic nitrogens is 1. The van der Waals surface area contributed by atoms with Crippen molar-refractivity contribution in [2.75, 3.05) is 26.9 Å². The molecule has 0 amide bonds. The molecule has 0 radical (unpaired) electrons. The van der Waals surface area contributed by atoms with E-state index in [4.69, 9.17) is 15.2 Å². The number of nitrogens with zero attached hydrogens (tertiary/aromatic N) is 1. The van der Waals surface area contributed by atoms with Gasteiger partial charge >= 0.3 is 0 Å². The lowest BCUT2D eigenvalue weighted by Gasteiger charge is -2.07. The number of hydrogen-bond donors (Lipinski definition) is 1. The van der Waals surface area contributed by atoms with Crippen LogP contribution in [0.3, 0.4) is 0 Å². The maximum absolute atomic E-state index is 5.68. The van der Waals surface area contributed by atoms with E-state index in [1.807, 2.05) is 0 Å². The van der Waals surface area contributed by atoms with Crippen LogP contribution in [0.5, 0.6) is 0 Å². The molecule has 0 aliphatic heterocycles. The Morgan fingerprint density at radius 3 is 2.84 bits per heavy atom. The summed E-state index contributed by atoms with van der Waals surface area (Å²) in [6.07, 6.45) is 3.05. The Bertz CT molecular complexity index is 508. The summed E-state index contributed by atoms with van der Waals surface area (Å²) < 4.78 is 12.8. The number of methoxy groups -OCH3 is 1. The zero-order valence-electron chi connectivity index (χ0n) is 11.5. The van der Waals surface area contributed by atoms with Crippen molar-refractivity contribution in [2.24, 2.45) is 5.73 Å². The van der Waals surface area contributed by atoms with Gasteiger partial charge in [0.15, 0.2) is 0 Å². The van der Waals surface area contributed by atoms with Crippen molar-refractivity contribution >= 4 is 10.9 Å². The van der Waals surface area contributed by atoms with E-state index in [-0.39, 0.29) is 0 Å². The standard InChI is InChI=1S/C15H22N2O2/c1-18-8-2-9-19-10-7-17-6-5-14-4-3-13(12-16)11-15(14)17/h3-6,11H,2,7-10,12,16H2,1H3. The SMILES string of the molecule is COCCCOCCn1ccc2ccc(CN)cc21. The minimum absolute atomic E-state index is 0.578. The Kier molecular flexibility index (Phi) is 5.39. The molecule has 2 rings (SSSR count). The molecule has 2 aromatic rings. The Hall–Kier alpha value is -1.36. The fraction of sp³-hybridized carbons (Fsp3) is 0.467. The highest BCUT2D eigenvalue weighted by atomic mass is 16.5. The van der Waals surface area contributed by atoms with Gasteiger partial charge in [-0.2, -0.15) is 0 Å². The Balaban J connectivity index is 1.89. The van der Waals surface area contributed by atoms with Crippen molar-refractivity contribution < 1.29 is 9.47 Å². The second-order valence-electron chi connectivity index (χ2n) is 4.57. The van der Waals surface area contributed by atoms with Gasteiger partial charge in [0.1, 0.15) is 0 Å². The molecule has 4 nitrogen and oxygen atoms in total. The summed E-state index contributed by atoms with van der Waals surface area (Å²) in [6.45, 7) is 3.67. The first kappa shape index (κ1) is 14.1. The molecule has 19 heavy (non-hydrogen) atoms. The van der Waals surface area contributed by atoms with E-state index in [1.54, 1.807) is 7.11 Å². The van der Waals surface area contributed by atoms with Gasteiger partial charge in [0.05, 0.1) is 6.61 Å². The van der Waals surface area contributed by atoms with Gasteiger partial charge < -0.3 is 19.8 Å². The molecular weight excluding hydrogens is 240 g/mol. The van der Waals surface area contributed by atoms with Crippen LogP contribution in [0.4, 0.5) is 0 Å². The molecule has 1 aromatic carbocycles. The molecule has 1 heterocycles. The third-order valence-electron chi connectivity index (χ3n) is 3.19. The normalized spacial score (nSPS) is 11.3. The highest BCUT2D eigenvalue weighted by molar-refractivity contribution is 5.80. The van der Waals surface area contributed by atoms with Crippen LogP contribution in [0, 0.1) is 0 Å². The topological polar surface area (TPSA) is 49.4 Å². The minimum atomic E-state index is 0.578. The molecule has 0 unspecified atom stereocenters. The van der Waals surface area contributed by atoms with E-state index >= 15 is 0 Å². The quantitative estimate of drug-likeness (QED) is 0.742. The van der Waals surface area contributed by atoms with E-state index < -0.39 is 0 Å². The Morgan fingerprint density at radius 2 is 2.05 bits per heavy atom. The Labute approximate surface area is 114 Å². The summed E-state index contributed by atoms with van der Waals surface area (Å²) >= 11 is 0. The zero-order valence-corrected chi connectivity index (χ0v) is 11.5. The van der Waals surface area contributed by atoms with Crippen molar-refractivity contribution in [1.29, 1.82) is 0 Å². The van der Waals surface area contributed by atoms with Gasteiger partial charge in [0.2, 0.25) is 0 Å². The smallest absolute Gasteiger partial charge is 0.0645 e. The molecule has 0 atom stereocenters. The summed E-state index contributed by atoms with van der Waals surface area (Å²) in [4.78, 5) is 0. The van der Waals surface area contributed by atoms with Crippen LogP contribution in [0.15, 0.2) is 30.5 Å². The molecule has 0 fully saturated rings. The van der Waals surface area contributed by atoms with Gasteiger partial charge in [0.25, 0.3) is 0 Å². The van der Waals surface area contributed by atoms with Crippen LogP contribution >= 0.6 is 0 Å². The summed E-state index contributed by atoms with van der Waals surface area (Å²) in [7, 11) is 1.71. The van der Waals surface area contributed by atoms with Gasteiger partial charge in [-0.05, 0) is 29.5 Å². The molecular formula is C15H22N2O2. The van der Waals surface area contributed by atoms with Crippen molar-refractivity contribution in [3.8, 4) is 0 Å². The van der Waals surface area contributed by atoms with Crippen molar-refractivity contribution in [2.45, 2.75) is 19.5 Å². The van der Waals surface area contributed by atoms with Crippen LogP contribution in [0.1, 0.15) is 12.0 Å². The summed E-state index contributed by atoms with van der Waals surface area (Å²) in [5.74, 6) is 0. The van der Waals surface area contributed by atoms with Crippen LogP contribution in [0.25, 0.3) is 10.9 Å². The number of benzene rings is 1. The second-order valence-corrected chi connectivity index (χ2v) is 4.57. The molecule has 4 heteroatoms. The molecule has 0 saturated heterocycles. The number of hydrogen-bond acceptors (Lipinski definition) is 3. The average Bonchev–Trinajstić information content (AvgIpc) is 2.85. The first-order valence-corrected chi connectivity index (χ1v) is 6.69. The molecule has 0 aliphatic rings. The summed E-state index contributed by atoms with van der Waals surface area (Å²) in [6, 6.07) is 8.47. The minimum Gasteiger partial charge on any atom is -0.385 e. The van der Waals surface area contributed by atoms with Gasteiger partial charge in [0, 0.05) is 45.1 Å². The molecule has 2 N–H and O–H groups in total. The third-order valence-corrected chi connectivity index (χ3v) is 3.19. The maximum Gasteiger partial charge on any atom is 0.0645 e.